The van der Waals surface area contributed by atoms with Crippen molar-refractivity contribution in [3.05, 3.63) is 69.1 Å². The highest BCUT2D eigenvalue weighted by atomic mass is 32.2. The molecule has 23 heavy (non-hydrogen) atoms. The van der Waals surface area contributed by atoms with E-state index < -0.39 is 27.2 Å². The summed E-state index contributed by atoms with van der Waals surface area (Å²) in [6.45, 7) is 1.64. The maximum atomic E-state index is 12.0. The highest BCUT2D eigenvalue weighted by molar-refractivity contribution is 7.89. The minimum absolute atomic E-state index is 0.279. The number of pyridine rings is 1. The zero-order valence-corrected chi connectivity index (χ0v) is 13.0. The molecule has 0 bridgehead atoms. The summed E-state index contributed by atoms with van der Waals surface area (Å²) in [4.78, 5) is 26.0. The van der Waals surface area contributed by atoms with Crippen molar-refractivity contribution in [3.8, 4) is 6.07 Å². The van der Waals surface area contributed by atoms with E-state index in [4.69, 9.17) is 5.26 Å². The molecule has 0 saturated carbocycles. The van der Waals surface area contributed by atoms with Crippen LogP contribution in [0.4, 0.5) is 0 Å². The number of hydrogen-bond acceptors (Lipinski definition) is 5. The lowest BCUT2D eigenvalue weighted by Gasteiger charge is -2.07. The molecule has 0 fully saturated rings. The number of nitrogens with one attached hydrogen (secondary N) is 2. The summed E-state index contributed by atoms with van der Waals surface area (Å²) >= 11 is 0. The predicted molar refractivity (Wildman–Crippen MR) is 83.0 cm³/mol. The van der Waals surface area contributed by atoms with E-state index >= 15 is 0 Å². The maximum absolute atomic E-state index is 12.0. The second-order valence-corrected chi connectivity index (χ2v) is 6.61. The number of aromatic nitrogens is 1. The zero-order valence-electron chi connectivity index (χ0n) is 12.2. The molecule has 0 aliphatic carbocycles. The van der Waals surface area contributed by atoms with Crippen molar-refractivity contribution in [1.82, 2.24) is 9.71 Å². The van der Waals surface area contributed by atoms with E-state index in [0.717, 1.165) is 0 Å². The zero-order chi connectivity index (χ0) is 17.0. The summed E-state index contributed by atoms with van der Waals surface area (Å²) in [7, 11) is -3.96. The largest absolute Gasteiger partial charge is 0.326 e. The molecular formula is C15H13N3O4S. The Balaban J connectivity index is 2.15. The first-order chi connectivity index (χ1) is 10.8. The summed E-state index contributed by atoms with van der Waals surface area (Å²) in [5, 5.41) is 8.69. The normalized spacial score (nSPS) is 10.8. The van der Waals surface area contributed by atoms with Crippen LogP contribution in [0.1, 0.15) is 27.2 Å². The van der Waals surface area contributed by atoms with Gasteiger partial charge in [-0.2, -0.15) is 5.26 Å². The van der Waals surface area contributed by atoms with Crippen molar-refractivity contribution in [2.45, 2.75) is 12.7 Å². The Hall–Kier alpha value is -2.92. The summed E-state index contributed by atoms with van der Waals surface area (Å²) in [5.74, 6) is -1.42. The van der Waals surface area contributed by atoms with E-state index in [2.05, 4.69) is 4.98 Å². The van der Waals surface area contributed by atoms with Gasteiger partial charge in [-0.05, 0) is 36.8 Å². The van der Waals surface area contributed by atoms with Gasteiger partial charge in [-0.3, -0.25) is 9.59 Å². The molecule has 8 heteroatoms. The van der Waals surface area contributed by atoms with Crippen molar-refractivity contribution in [2.24, 2.45) is 0 Å². The van der Waals surface area contributed by atoms with Gasteiger partial charge in [0.1, 0.15) is 5.56 Å². The number of aromatic amines is 1. The van der Waals surface area contributed by atoms with Gasteiger partial charge in [0.15, 0.2) is 0 Å². The molecule has 118 valence electrons. The van der Waals surface area contributed by atoms with Crippen LogP contribution < -0.4 is 10.3 Å². The molecule has 0 aliphatic rings. The number of nitriles is 1. The van der Waals surface area contributed by atoms with Crippen LogP contribution in [0.3, 0.4) is 0 Å². The highest BCUT2D eigenvalue weighted by Gasteiger charge is 2.19. The average Bonchev–Trinajstić information content (AvgIpc) is 2.46. The quantitative estimate of drug-likeness (QED) is 0.859. The van der Waals surface area contributed by atoms with Crippen LogP contribution in [0.5, 0.6) is 0 Å². The van der Waals surface area contributed by atoms with Crippen LogP contribution in [-0.2, 0) is 15.8 Å². The third-order valence-electron chi connectivity index (χ3n) is 2.99. The number of hydrogen-bond donors (Lipinski definition) is 2. The van der Waals surface area contributed by atoms with Crippen LogP contribution in [0.2, 0.25) is 0 Å². The minimum atomic E-state index is -3.96. The van der Waals surface area contributed by atoms with Gasteiger partial charge in [-0.15, -0.1) is 0 Å². The molecule has 1 heterocycles. The third-order valence-corrected chi connectivity index (χ3v) is 4.20. The first kappa shape index (κ1) is 16.5. The maximum Gasteiger partial charge on any atom is 0.270 e. The van der Waals surface area contributed by atoms with E-state index in [0.29, 0.717) is 16.8 Å². The molecule has 0 saturated heterocycles. The molecule has 0 radical (unpaired) electrons. The second-order valence-electron chi connectivity index (χ2n) is 4.88. The van der Waals surface area contributed by atoms with Crippen molar-refractivity contribution < 1.29 is 13.2 Å². The molecule has 7 nitrogen and oxygen atoms in total. The molecule has 1 amide bonds. The smallest absolute Gasteiger partial charge is 0.270 e. The third kappa shape index (κ3) is 4.28. The van der Waals surface area contributed by atoms with Gasteiger partial charge in [0.25, 0.3) is 11.5 Å². The lowest BCUT2D eigenvalue weighted by Crippen LogP contribution is -2.35. The minimum Gasteiger partial charge on any atom is -0.326 e. The predicted octanol–water partition coefficient (Wildman–Crippen LogP) is 0.815. The highest BCUT2D eigenvalue weighted by Crippen LogP contribution is 2.07. The number of carbonyl (C=O) groups is 1. The van der Waals surface area contributed by atoms with E-state index in [-0.39, 0.29) is 5.56 Å². The van der Waals surface area contributed by atoms with Crippen LogP contribution in [0.15, 0.2) is 41.2 Å². The molecule has 0 atom stereocenters. The lowest BCUT2D eigenvalue weighted by molar-refractivity contribution is 0.0980. The van der Waals surface area contributed by atoms with Gasteiger partial charge in [0.05, 0.1) is 17.4 Å². The van der Waals surface area contributed by atoms with Crippen LogP contribution in [-0.4, -0.2) is 19.3 Å². The van der Waals surface area contributed by atoms with Gasteiger partial charge < -0.3 is 4.98 Å². The van der Waals surface area contributed by atoms with E-state index in [1.54, 1.807) is 6.92 Å². The Morgan fingerprint density at radius 3 is 2.43 bits per heavy atom. The first-order valence-electron chi connectivity index (χ1n) is 6.54. The van der Waals surface area contributed by atoms with Crippen molar-refractivity contribution in [2.75, 3.05) is 0 Å². The van der Waals surface area contributed by atoms with E-state index in [1.165, 1.54) is 36.4 Å². The van der Waals surface area contributed by atoms with E-state index in [1.807, 2.05) is 10.8 Å². The fourth-order valence-corrected chi connectivity index (χ4v) is 2.97. The number of carbonyl (C=O) groups excluding carboxylic acids is 1. The van der Waals surface area contributed by atoms with Gasteiger partial charge in [0.2, 0.25) is 10.0 Å². The molecule has 2 N–H and O–H groups in total. The van der Waals surface area contributed by atoms with Gasteiger partial charge >= 0.3 is 0 Å². The number of benzene rings is 1. The summed E-state index contributed by atoms with van der Waals surface area (Å²) < 4.78 is 25.9. The SMILES string of the molecule is Cc1ccc(C(=O)NS(=O)(=O)Cc2ccc(C#N)cc2)c(=O)[nH]1. The van der Waals surface area contributed by atoms with Crippen LogP contribution in [0, 0.1) is 18.3 Å². The topological polar surface area (TPSA) is 120 Å². The molecule has 0 unspecified atom stereocenters. The summed E-state index contributed by atoms with van der Waals surface area (Å²) in [6, 6.07) is 10.6. The van der Waals surface area contributed by atoms with Gasteiger partial charge in [-0.25, -0.2) is 13.1 Å². The fourth-order valence-electron chi connectivity index (χ4n) is 1.88. The molecule has 0 aliphatic heterocycles. The Bertz CT molecular complexity index is 938. The van der Waals surface area contributed by atoms with Crippen molar-refractivity contribution in [1.29, 1.82) is 5.26 Å². The molecule has 0 spiro atoms. The molecule has 2 rings (SSSR count). The number of H-pyrrole nitrogens is 1. The number of rotatable bonds is 4. The summed E-state index contributed by atoms with van der Waals surface area (Å²) in [5.41, 5.74) is 0.450. The fraction of sp³-hybridized carbons (Fsp3) is 0.133. The van der Waals surface area contributed by atoms with Gasteiger partial charge in [-0.1, -0.05) is 12.1 Å². The molecular weight excluding hydrogens is 318 g/mol. The second kappa shape index (κ2) is 6.46. The van der Waals surface area contributed by atoms with Gasteiger partial charge in [0, 0.05) is 5.69 Å². The van der Waals surface area contributed by atoms with E-state index in [9.17, 15) is 18.0 Å². The number of sulfonamides is 1. The van der Waals surface area contributed by atoms with Crippen molar-refractivity contribution in [3.63, 3.8) is 0 Å². The van der Waals surface area contributed by atoms with Crippen LogP contribution in [0.25, 0.3) is 0 Å². The average molecular weight is 331 g/mol. The lowest BCUT2D eigenvalue weighted by atomic mass is 10.2. The Kier molecular flexibility index (Phi) is 4.62. The molecule has 1 aromatic carbocycles. The molecule has 2 aromatic rings. The first-order valence-corrected chi connectivity index (χ1v) is 8.20. The Morgan fingerprint density at radius 2 is 1.87 bits per heavy atom. The van der Waals surface area contributed by atoms with Crippen LogP contribution >= 0.6 is 0 Å². The summed E-state index contributed by atoms with van der Waals surface area (Å²) in [6.07, 6.45) is 0. The van der Waals surface area contributed by atoms with Crippen molar-refractivity contribution >= 4 is 15.9 Å². The number of aryl methyl sites for hydroxylation is 1. The Labute approximate surface area is 132 Å². The number of nitrogens with zero attached hydrogens (tertiary/aromatic N) is 1. The Morgan fingerprint density at radius 1 is 1.22 bits per heavy atom. The monoisotopic (exact) mass is 331 g/mol. The standard InChI is InChI=1S/C15H13N3O4S/c1-10-2-7-13(14(19)17-10)15(20)18-23(21,22)9-12-5-3-11(8-16)4-6-12/h2-7H,9H2,1H3,(H,17,19)(H,18,20). The number of amides is 1. The molecule has 1 aromatic heterocycles.